The maximum absolute atomic E-state index is 4.78. The molecule has 1 saturated heterocycles. The highest BCUT2D eigenvalue weighted by atomic mass is 79.9. The van der Waals surface area contributed by atoms with Crippen LogP contribution in [0.15, 0.2) is 58.1 Å². The van der Waals surface area contributed by atoms with E-state index in [1.54, 1.807) is 0 Å². The van der Waals surface area contributed by atoms with Gasteiger partial charge in [0.05, 0.1) is 0 Å². The fourth-order valence-electron chi connectivity index (χ4n) is 3.47. The molecular formula is C22H30BrN5. The first-order chi connectivity index (χ1) is 13.7. The van der Waals surface area contributed by atoms with E-state index in [2.05, 4.69) is 79.8 Å². The van der Waals surface area contributed by atoms with Crippen molar-refractivity contribution in [1.29, 1.82) is 0 Å². The minimum absolute atomic E-state index is 0.461. The fourth-order valence-corrected chi connectivity index (χ4v) is 3.92. The first-order valence-corrected chi connectivity index (χ1v) is 11.0. The van der Waals surface area contributed by atoms with Crippen LogP contribution in [0.25, 0.3) is 0 Å². The summed E-state index contributed by atoms with van der Waals surface area (Å²) in [6.45, 7) is 5.87. The Labute approximate surface area is 176 Å². The van der Waals surface area contributed by atoms with Crippen molar-refractivity contribution in [2.24, 2.45) is 4.99 Å². The van der Waals surface area contributed by atoms with Crippen molar-refractivity contribution < 1.29 is 0 Å². The number of rotatable bonds is 7. The lowest BCUT2D eigenvalue weighted by atomic mass is 10.1. The normalized spacial score (nSPS) is 15.5. The molecule has 1 aliphatic rings. The number of halogens is 1. The van der Waals surface area contributed by atoms with Crippen LogP contribution in [0, 0.1) is 0 Å². The summed E-state index contributed by atoms with van der Waals surface area (Å²) < 4.78 is 1.14. The summed E-state index contributed by atoms with van der Waals surface area (Å²) >= 11 is 3.53. The molecule has 0 spiro atoms. The van der Waals surface area contributed by atoms with E-state index in [0.717, 1.165) is 68.1 Å². The van der Waals surface area contributed by atoms with Crippen molar-refractivity contribution in [1.82, 2.24) is 15.6 Å². The average Bonchev–Trinajstić information content (AvgIpc) is 2.72. The quantitative estimate of drug-likeness (QED) is 0.385. The van der Waals surface area contributed by atoms with Crippen molar-refractivity contribution in [3.05, 3.63) is 58.7 Å². The van der Waals surface area contributed by atoms with Crippen LogP contribution in [0.5, 0.6) is 0 Å². The number of aromatic nitrogens is 1. The molecule has 0 saturated carbocycles. The van der Waals surface area contributed by atoms with Gasteiger partial charge in [-0.1, -0.05) is 34.1 Å². The van der Waals surface area contributed by atoms with Crippen LogP contribution >= 0.6 is 15.9 Å². The number of hydrogen-bond acceptors (Lipinski definition) is 3. The van der Waals surface area contributed by atoms with Gasteiger partial charge in [0.25, 0.3) is 0 Å². The molecule has 0 radical (unpaired) electrons. The molecule has 0 aliphatic carbocycles. The number of nitrogens with one attached hydrogen (secondary N) is 2. The highest BCUT2D eigenvalue weighted by molar-refractivity contribution is 9.10. The Kier molecular flexibility index (Phi) is 8.15. The minimum Gasteiger partial charge on any atom is -0.357 e. The van der Waals surface area contributed by atoms with Crippen LogP contribution < -0.4 is 15.5 Å². The summed E-state index contributed by atoms with van der Waals surface area (Å²) in [6.07, 6.45) is 6.15. The lowest BCUT2D eigenvalue weighted by Gasteiger charge is -2.33. The van der Waals surface area contributed by atoms with Crippen molar-refractivity contribution in [3.63, 3.8) is 0 Å². The number of pyridine rings is 1. The molecule has 1 aromatic carbocycles. The number of anilines is 1. The van der Waals surface area contributed by atoms with Gasteiger partial charge in [-0.05, 0) is 62.4 Å². The third-order valence-corrected chi connectivity index (χ3v) is 5.43. The molecule has 0 atom stereocenters. The molecule has 1 aliphatic heterocycles. The zero-order valence-electron chi connectivity index (χ0n) is 16.6. The molecule has 0 unspecified atom stereocenters. The second-order valence-corrected chi connectivity index (χ2v) is 8.00. The molecule has 3 rings (SSSR count). The molecule has 1 aromatic heterocycles. The molecular weight excluding hydrogens is 414 g/mol. The third kappa shape index (κ3) is 6.51. The Hall–Kier alpha value is -2.08. The van der Waals surface area contributed by atoms with Crippen molar-refractivity contribution >= 4 is 27.7 Å². The monoisotopic (exact) mass is 443 g/mol. The zero-order valence-corrected chi connectivity index (χ0v) is 18.2. The summed E-state index contributed by atoms with van der Waals surface area (Å²) in [6, 6.07) is 15.1. The Morgan fingerprint density at radius 3 is 2.79 bits per heavy atom. The summed E-state index contributed by atoms with van der Waals surface area (Å²) in [4.78, 5) is 11.6. The molecule has 0 bridgehead atoms. The number of guanidine groups is 1. The van der Waals surface area contributed by atoms with Gasteiger partial charge < -0.3 is 15.5 Å². The van der Waals surface area contributed by atoms with Crippen LogP contribution in [0.1, 0.15) is 31.7 Å². The number of piperidine rings is 1. The van der Waals surface area contributed by atoms with E-state index in [0.29, 0.717) is 6.04 Å². The van der Waals surface area contributed by atoms with Crippen LogP contribution in [-0.2, 0) is 6.42 Å². The van der Waals surface area contributed by atoms with E-state index in [9.17, 15) is 0 Å². The highest BCUT2D eigenvalue weighted by Crippen LogP contribution is 2.17. The standard InChI is InChI=1S/C22H30BrN5/c1-2-24-22(26-14-6-8-18-7-5-9-19(23)17-18)27-20-11-15-28(16-12-20)21-10-3-4-13-25-21/h3-5,7,9-10,13,17,20H,2,6,8,11-12,14-16H2,1H3,(H2,24,26,27). The van der Waals surface area contributed by atoms with Gasteiger partial charge in [0, 0.05) is 42.9 Å². The Balaban J connectivity index is 1.44. The number of aryl methyl sites for hydroxylation is 1. The molecule has 28 heavy (non-hydrogen) atoms. The molecule has 0 amide bonds. The highest BCUT2D eigenvalue weighted by Gasteiger charge is 2.20. The van der Waals surface area contributed by atoms with E-state index in [1.807, 2.05) is 12.3 Å². The van der Waals surface area contributed by atoms with Gasteiger partial charge in [-0.3, -0.25) is 4.99 Å². The van der Waals surface area contributed by atoms with E-state index in [1.165, 1.54) is 5.56 Å². The Morgan fingerprint density at radius 1 is 1.21 bits per heavy atom. The third-order valence-electron chi connectivity index (χ3n) is 4.94. The van der Waals surface area contributed by atoms with Gasteiger partial charge in [-0.15, -0.1) is 0 Å². The van der Waals surface area contributed by atoms with Gasteiger partial charge >= 0.3 is 0 Å². The second-order valence-electron chi connectivity index (χ2n) is 7.09. The summed E-state index contributed by atoms with van der Waals surface area (Å²) in [5.74, 6) is 2.02. The number of hydrogen-bond donors (Lipinski definition) is 2. The first kappa shape index (κ1) is 20.6. The van der Waals surface area contributed by atoms with Crippen molar-refractivity contribution in [2.75, 3.05) is 31.1 Å². The van der Waals surface area contributed by atoms with Crippen molar-refractivity contribution in [2.45, 2.75) is 38.6 Å². The second kappa shape index (κ2) is 11.1. The van der Waals surface area contributed by atoms with Crippen molar-refractivity contribution in [3.8, 4) is 0 Å². The lowest BCUT2D eigenvalue weighted by Crippen LogP contribution is -2.49. The van der Waals surface area contributed by atoms with E-state index >= 15 is 0 Å². The SMILES string of the molecule is CCNC(=NCCCc1cccc(Br)c1)NC1CCN(c2ccccn2)CC1. The van der Waals surface area contributed by atoms with Crippen LogP contribution in [0.2, 0.25) is 0 Å². The number of aliphatic imine (C=N–C) groups is 1. The number of benzene rings is 1. The molecule has 1 fully saturated rings. The van der Waals surface area contributed by atoms with Gasteiger partial charge in [0.15, 0.2) is 5.96 Å². The fraction of sp³-hybridized carbons (Fsp3) is 0.455. The van der Waals surface area contributed by atoms with E-state index < -0.39 is 0 Å². The Morgan fingerprint density at radius 2 is 2.07 bits per heavy atom. The predicted molar refractivity (Wildman–Crippen MR) is 121 cm³/mol. The summed E-state index contributed by atoms with van der Waals surface area (Å²) in [5, 5.41) is 7.01. The molecule has 2 N–H and O–H groups in total. The lowest BCUT2D eigenvalue weighted by molar-refractivity contribution is 0.459. The zero-order chi connectivity index (χ0) is 19.6. The summed E-state index contributed by atoms with van der Waals surface area (Å²) in [5.41, 5.74) is 1.35. The van der Waals surface area contributed by atoms with Crippen LogP contribution in [0.4, 0.5) is 5.82 Å². The van der Waals surface area contributed by atoms with Gasteiger partial charge in [0.2, 0.25) is 0 Å². The maximum Gasteiger partial charge on any atom is 0.191 e. The minimum atomic E-state index is 0.461. The molecule has 2 aromatic rings. The molecule has 2 heterocycles. The largest absolute Gasteiger partial charge is 0.357 e. The molecule has 150 valence electrons. The smallest absolute Gasteiger partial charge is 0.191 e. The molecule has 6 heteroatoms. The summed E-state index contributed by atoms with van der Waals surface area (Å²) in [7, 11) is 0. The van der Waals surface area contributed by atoms with E-state index in [4.69, 9.17) is 4.99 Å². The average molecular weight is 444 g/mol. The number of nitrogens with zero attached hydrogens (tertiary/aromatic N) is 3. The topological polar surface area (TPSA) is 52.6 Å². The maximum atomic E-state index is 4.78. The molecule has 5 nitrogen and oxygen atoms in total. The van der Waals surface area contributed by atoms with Gasteiger partial charge in [-0.25, -0.2) is 4.98 Å². The van der Waals surface area contributed by atoms with Gasteiger partial charge in [-0.2, -0.15) is 0 Å². The van der Waals surface area contributed by atoms with Crippen LogP contribution in [-0.4, -0.2) is 43.2 Å². The van der Waals surface area contributed by atoms with E-state index in [-0.39, 0.29) is 0 Å². The van der Waals surface area contributed by atoms with Crippen LogP contribution in [0.3, 0.4) is 0 Å². The van der Waals surface area contributed by atoms with Gasteiger partial charge in [0.1, 0.15) is 5.82 Å². The first-order valence-electron chi connectivity index (χ1n) is 10.2. The predicted octanol–water partition coefficient (Wildman–Crippen LogP) is 4.00. The Bertz CT molecular complexity index is 742.